The van der Waals surface area contributed by atoms with Gasteiger partial charge in [-0.1, -0.05) is 12.1 Å². The predicted octanol–water partition coefficient (Wildman–Crippen LogP) is 3.73. The molecule has 0 aliphatic carbocycles. The van der Waals surface area contributed by atoms with E-state index in [0.717, 1.165) is 5.56 Å². The molecule has 0 amide bonds. The van der Waals surface area contributed by atoms with E-state index in [-0.39, 0.29) is 11.3 Å². The van der Waals surface area contributed by atoms with Gasteiger partial charge in [-0.15, -0.1) is 0 Å². The molecule has 0 radical (unpaired) electrons. The molecule has 0 bridgehead atoms. The number of aromatic hydroxyl groups is 1. The van der Waals surface area contributed by atoms with Gasteiger partial charge in [0.15, 0.2) is 11.5 Å². The van der Waals surface area contributed by atoms with Gasteiger partial charge < -0.3 is 19.7 Å². The van der Waals surface area contributed by atoms with Gasteiger partial charge in [0.1, 0.15) is 5.75 Å². The largest absolute Gasteiger partial charge is 0.504 e. The van der Waals surface area contributed by atoms with Crippen LogP contribution >= 0.6 is 0 Å². The van der Waals surface area contributed by atoms with Crippen LogP contribution in [0.5, 0.6) is 17.2 Å². The minimum absolute atomic E-state index is 0.0199. The molecule has 0 saturated carbocycles. The maximum Gasteiger partial charge on any atom is 0.336 e. The van der Waals surface area contributed by atoms with E-state index >= 15 is 0 Å². The van der Waals surface area contributed by atoms with Crippen LogP contribution in [0.25, 0.3) is 11.6 Å². The van der Waals surface area contributed by atoms with Gasteiger partial charge in [-0.2, -0.15) is 0 Å². The number of ether oxygens (including phenoxy) is 2. The molecule has 2 aromatic carbocycles. The Hall–Kier alpha value is -2.95. The van der Waals surface area contributed by atoms with Gasteiger partial charge >= 0.3 is 5.97 Å². The van der Waals surface area contributed by atoms with E-state index in [1.807, 2.05) is 13.8 Å². The number of carboxylic acids is 1. The van der Waals surface area contributed by atoms with Crippen LogP contribution in [0.4, 0.5) is 0 Å². The molecule has 0 fully saturated rings. The summed E-state index contributed by atoms with van der Waals surface area (Å²) in [4.78, 5) is 11.7. The number of methoxy groups -OCH3 is 1. The molecule has 0 aliphatic rings. The van der Waals surface area contributed by atoms with Crippen LogP contribution < -0.4 is 9.47 Å². The third-order valence-corrected chi connectivity index (χ3v) is 3.55. The number of aliphatic carboxylic acids is 1. The average Bonchev–Trinajstić information content (AvgIpc) is 2.55. The van der Waals surface area contributed by atoms with Crippen molar-refractivity contribution < 1.29 is 24.5 Å². The predicted molar refractivity (Wildman–Crippen MR) is 92.5 cm³/mol. The van der Waals surface area contributed by atoms with Crippen molar-refractivity contribution in [1.82, 2.24) is 0 Å². The quantitative estimate of drug-likeness (QED) is 0.624. The molecule has 2 N–H and O–H groups in total. The van der Waals surface area contributed by atoms with E-state index in [2.05, 4.69) is 0 Å². The highest BCUT2D eigenvalue weighted by molar-refractivity contribution is 6.21. The topological polar surface area (TPSA) is 76.0 Å². The van der Waals surface area contributed by atoms with Crippen molar-refractivity contribution in [3.05, 3.63) is 53.1 Å². The molecule has 0 atom stereocenters. The minimum atomic E-state index is -1.03. The number of carboxylic acid groups (broad SMARTS) is 1. The standard InChI is InChI=1S/C19H20O5/c1-4-24-18-11-13(5-8-17(18)20)10-16(19(21)22)15-7-6-14(23-3)9-12(15)2/h5-11,20H,4H2,1-3H3,(H,21,22)/b16-10-. The lowest BCUT2D eigenvalue weighted by Crippen LogP contribution is -2.02. The molecule has 5 nitrogen and oxygen atoms in total. The fourth-order valence-electron chi connectivity index (χ4n) is 2.38. The van der Waals surface area contributed by atoms with Gasteiger partial charge in [-0.3, -0.25) is 0 Å². The summed E-state index contributed by atoms with van der Waals surface area (Å²) in [6.07, 6.45) is 1.55. The Labute approximate surface area is 140 Å². The van der Waals surface area contributed by atoms with Crippen molar-refractivity contribution in [3.63, 3.8) is 0 Å². The van der Waals surface area contributed by atoms with Crippen LogP contribution in [0.1, 0.15) is 23.6 Å². The van der Waals surface area contributed by atoms with Crippen LogP contribution in [0, 0.1) is 6.92 Å². The Morgan fingerprint density at radius 1 is 1.21 bits per heavy atom. The molecular formula is C19H20O5. The van der Waals surface area contributed by atoms with Gasteiger partial charge in [0.25, 0.3) is 0 Å². The van der Waals surface area contributed by atoms with E-state index < -0.39 is 5.97 Å². The lowest BCUT2D eigenvalue weighted by Gasteiger charge is -2.10. The first-order valence-electron chi connectivity index (χ1n) is 7.52. The summed E-state index contributed by atoms with van der Waals surface area (Å²) in [5, 5.41) is 19.3. The first-order chi connectivity index (χ1) is 11.5. The van der Waals surface area contributed by atoms with E-state index in [0.29, 0.717) is 29.2 Å². The van der Waals surface area contributed by atoms with Gasteiger partial charge in [0.05, 0.1) is 19.3 Å². The third-order valence-electron chi connectivity index (χ3n) is 3.55. The lowest BCUT2D eigenvalue weighted by atomic mass is 9.98. The summed E-state index contributed by atoms with van der Waals surface area (Å²) in [6, 6.07) is 9.96. The van der Waals surface area contributed by atoms with Gasteiger partial charge in [-0.25, -0.2) is 4.79 Å². The zero-order valence-corrected chi connectivity index (χ0v) is 13.9. The van der Waals surface area contributed by atoms with Crippen LogP contribution in [0.15, 0.2) is 36.4 Å². The second kappa shape index (κ2) is 7.55. The zero-order chi connectivity index (χ0) is 17.7. The van der Waals surface area contributed by atoms with Crippen molar-refractivity contribution in [2.24, 2.45) is 0 Å². The molecule has 126 valence electrons. The van der Waals surface area contributed by atoms with E-state index in [4.69, 9.17) is 9.47 Å². The second-order valence-electron chi connectivity index (χ2n) is 5.20. The highest BCUT2D eigenvalue weighted by Crippen LogP contribution is 2.30. The molecule has 0 unspecified atom stereocenters. The Morgan fingerprint density at radius 3 is 2.54 bits per heavy atom. The van der Waals surface area contributed by atoms with Crippen molar-refractivity contribution in [3.8, 4) is 17.2 Å². The third kappa shape index (κ3) is 3.87. The fourth-order valence-corrected chi connectivity index (χ4v) is 2.38. The molecule has 2 rings (SSSR count). The van der Waals surface area contributed by atoms with Crippen molar-refractivity contribution in [2.45, 2.75) is 13.8 Å². The maximum absolute atomic E-state index is 11.7. The van der Waals surface area contributed by atoms with E-state index in [1.165, 1.54) is 6.07 Å². The van der Waals surface area contributed by atoms with Crippen LogP contribution in [0.2, 0.25) is 0 Å². The Balaban J connectivity index is 2.50. The molecule has 5 heteroatoms. The number of rotatable bonds is 6. The molecule has 0 spiro atoms. The highest BCUT2D eigenvalue weighted by atomic mass is 16.5. The SMILES string of the molecule is CCOc1cc(/C=C(\C(=O)O)c2ccc(OC)cc2C)ccc1O. The van der Waals surface area contributed by atoms with E-state index in [1.54, 1.807) is 43.5 Å². The van der Waals surface area contributed by atoms with E-state index in [9.17, 15) is 15.0 Å². The minimum Gasteiger partial charge on any atom is -0.504 e. The molecule has 0 saturated heterocycles. The van der Waals surface area contributed by atoms with Gasteiger partial charge in [0.2, 0.25) is 0 Å². The molecule has 0 heterocycles. The number of phenolic OH excluding ortho intramolecular Hbond substituents is 1. The normalized spacial score (nSPS) is 11.2. The van der Waals surface area contributed by atoms with Crippen LogP contribution in [-0.2, 0) is 4.79 Å². The Morgan fingerprint density at radius 2 is 1.96 bits per heavy atom. The Bertz CT molecular complexity index is 777. The summed E-state index contributed by atoms with van der Waals surface area (Å²) in [5.74, 6) is -0.0208. The first-order valence-corrected chi connectivity index (χ1v) is 7.52. The summed E-state index contributed by atoms with van der Waals surface area (Å²) >= 11 is 0. The molecule has 0 aromatic heterocycles. The van der Waals surface area contributed by atoms with Gasteiger partial charge in [-0.05, 0) is 60.9 Å². The summed E-state index contributed by atoms with van der Waals surface area (Å²) in [6.45, 7) is 4.05. The number of phenols is 1. The summed E-state index contributed by atoms with van der Waals surface area (Å²) < 4.78 is 10.5. The van der Waals surface area contributed by atoms with Gasteiger partial charge in [0, 0.05) is 0 Å². The number of carbonyl (C=O) groups is 1. The monoisotopic (exact) mass is 328 g/mol. The first kappa shape index (κ1) is 17.4. The lowest BCUT2D eigenvalue weighted by molar-refractivity contribution is -0.130. The summed E-state index contributed by atoms with van der Waals surface area (Å²) in [7, 11) is 1.56. The molecule has 0 aliphatic heterocycles. The number of benzene rings is 2. The number of hydrogen-bond acceptors (Lipinski definition) is 4. The fraction of sp³-hybridized carbons (Fsp3) is 0.211. The van der Waals surface area contributed by atoms with Crippen LogP contribution in [-0.4, -0.2) is 29.9 Å². The zero-order valence-electron chi connectivity index (χ0n) is 13.9. The molecular weight excluding hydrogens is 308 g/mol. The maximum atomic E-state index is 11.7. The smallest absolute Gasteiger partial charge is 0.336 e. The van der Waals surface area contributed by atoms with Crippen molar-refractivity contribution in [2.75, 3.05) is 13.7 Å². The Kier molecular flexibility index (Phi) is 5.47. The van der Waals surface area contributed by atoms with Crippen LogP contribution in [0.3, 0.4) is 0 Å². The van der Waals surface area contributed by atoms with Crippen molar-refractivity contribution in [1.29, 1.82) is 0 Å². The van der Waals surface area contributed by atoms with Crippen molar-refractivity contribution >= 4 is 17.6 Å². The molecule has 2 aromatic rings. The summed E-state index contributed by atoms with van der Waals surface area (Å²) in [5.41, 5.74) is 2.19. The highest BCUT2D eigenvalue weighted by Gasteiger charge is 2.14. The molecule has 24 heavy (non-hydrogen) atoms. The average molecular weight is 328 g/mol. The number of aryl methyl sites for hydroxylation is 1. The second-order valence-corrected chi connectivity index (χ2v) is 5.20. The number of hydrogen-bond donors (Lipinski definition) is 2.